The maximum Gasteiger partial charge on any atom is 0.184 e. The third-order valence-corrected chi connectivity index (χ3v) is 2.06. The Morgan fingerprint density at radius 3 is 3.07 bits per heavy atom. The number of ketones is 1. The van der Waals surface area contributed by atoms with E-state index in [0.717, 1.165) is 5.57 Å². The lowest BCUT2D eigenvalue weighted by atomic mass is 10.0. The molecule has 0 saturated carbocycles. The lowest BCUT2D eigenvalue weighted by Crippen LogP contribution is -2.31. The van der Waals surface area contributed by atoms with Gasteiger partial charge in [-0.15, -0.1) is 0 Å². The zero-order valence-electron chi connectivity index (χ0n) is 7.98. The first-order chi connectivity index (χ1) is 6.63. The Labute approximate surface area is 83.4 Å². The number of carbonyl (C=O) groups excluding carboxylic acids is 1. The molecule has 2 unspecified atom stereocenters. The number of hydrogen-bond acceptors (Lipinski definition) is 3. The van der Waals surface area contributed by atoms with E-state index in [4.69, 9.17) is 9.84 Å². The zero-order chi connectivity index (χ0) is 10.6. The Kier molecular flexibility index (Phi) is 3.80. The van der Waals surface area contributed by atoms with Crippen molar-refractivity contribution >= 4 is 5.78 Å². The average molecular weight is 194 g/mol. The second kappa shape index (κ2) is 4.88. The summed E-state index contributed by atoms with van der Waals surface area (Å²) in [5.74, 6) is -0.104. The third kappa shape index (κ3) is 2.94. The molecule has 0 aliphatic carbocycles. The number of aliphatic hydroxyl groups is 1. The molecule has 0 spiro atoms. The summed E-state index contributed by atoms with van der Waals surface area (Å²) in [5.41, 5.74) is 0.866. The Morgan fingerprint density at radius 1 is 1.71 bits per heavy atom. The summed E-state index contributed by atoms with van der Waals surface area (Å²) in [5, 5.41) is 9.12. The molecular weight excluding hydrogens is 180 g/mol. The minimum atomic E-state index is -0.963. The molecule has 0 amide bonds. The highest BCUT2D eigenvalue weighted by Crippen LogP contribution is 2.15. The van der Waals surface area contributed by atoms with Crippen LogP contribution in [0.15, 0.2) is 37.0 Å². The van der Waals surface area contributed by atoms with Crippen molar-refractivity contribution in [1.29, 1.82) is 0 Å². The molecule has 0 aromatic carbocycles. The van der Waals surface area contributed by atoms with Crippen LogP contribution >= 0.6 is 0 Å². The van der Waals surface area contributed by atoms with Crippen LogP contribution in [0.3, 0.4) is 0 Å². The van der Waals surface area contributed by atoms with Crippen LogP contribution in [-0.4, -0.2) is 23.3 Å². The number of hydrogen-bond donors (Lipinski definition) is 1. The molecule has 1 N–H and O–H groups in total. The van der Waals surface area contributed by atoms with Gasteiger partial charge in [0, 0.05) is 0 Å². The quantitative estimate of drug-likeness (QED) is 0.687. The number of aliphatic hydroxyl groups excluding tert-OH is 1. The lowest BCUT2D eigenvalue weighted by Gasteiger charge is -2.21. The molecule has 2 atom stereocenters. The van der Waals surface area contributed by atoms with E-state index < -0.39 is 12.4 Å². The van der Waals surface area contributed by atoms with Gasteiger partial charge >= 0.3 is 0 Å². The van der Waals surface area contributed by atoms with Crippen molar-refractivity contribution in [3.8, 4) is 0 Å². The van der Waals surface area contributed by atoms with Crippen LogP contribution < -0.4 is 0 Å². The molecule has 0 fully saturated rings. The van der Waals surface area contributed by atoms with E-state index in [2.05, 4.69) is 13.2 Å². The summed E-state index contributed by atoms with van der Waals surface area (Å²) in [7, 11) is 0. The van der Waals surface area contributed by atoms with Crippen LogP contribution in [0.4, 0.5) is 0 Å². The van der Waals surface area contributed by atoms with Crippen LogP contribution in [0.5, 0.6) is 0 Å². The number of allylic oxidation sites excluding steroid dienone is 2. The first kappa shape index (κ1) is 10.9. The van der Waals surface area contributed by atoms with E-state index in [0.29, 0.717) is 12.8 Å². The van der Waals surface area contributed by atoms with Gasteiger partial charge in [0.2, 0.25) is 0 Å². The van der Waals surface area contributed by atoms with E-state index >= 15 is 0 Å². The van der Waals surface area contributed by atoms with E-state index in [9.17, 15) is 4.79 Å². The van der Waals surface area contributed by atoms with Gasteiger partial charge in [0.25, 0.3) is 0 Å². The summed E-state index contributed by atoms with van der Waals surface area (Å²) in [6.45, 7) is 7.31. The molecular formula is C11H14O3. The van der Waals surface area contributed by atoms with Crippen molar-refractivity contribution in [2.75, 3.05) is 0 Å². The van der Waals surface area contributed by atoms with E-state index in [1.807, 2.05) is 0 Å². The monoisotopic (exact) mass is 194 g/mol. The molecule has 3 nitrogen and oxygen atoms in total. The fourth-order valence-corrected chi connectivity index (χ4v) is 1.19. The fraction of sp³-hybridized carbons (Fsp3) is 0.364. The molecule has 1 rings (SSSR count). The molecule has 0 aromatic heterocycles. The van der Waals surface area contributed by atoms with Gasteiger partial charge in [0.1, 0.15) is 6.10 Å². The van der Waals surface area contributed by atoms with E-state index in [1.165, 1.54) is 12.2 Å². The van der Waals surface area contributed by atoms with Crippen LogP contribution in [0.2, 0.25) is 0 Å². The summed E-state index contributed by atoms with van der Waals surface area (Å²) in [6, 6.07) is 0. The van der Waals surface area contributed by atoms with Gasteiger partial charge in [0.15, 0.2) is 12.1 Å². The summed E-state index contributed by atoms with van der Waals surface area (Å²) in [4.78, 5) is 11.3. The van der Waals surface area contributed by atoms with Gasteiger partial charge in [-0.3, -0.25) is 4.79 Å². The standard InChI is InChI=1S/C11H14O3/c1-3-8(2)4-6-10-9(12)5-7-11(13)14-10/h3,5,7,10-11,13H,1-2,4,6H2. The van der Waals surface area contributed by atoms with Crippen LogP contribution in [-0.2, 0) is 9.53 Å². The normalized spacial score (nSPS) is 26.2. The van der Waals surface area contributed by atoms with Gasteiger partial charge in [-0.2, -0.15) is 0 Å². The Morgan fingerprint density at radius 2 is 2.43 bits per heavy atom. The van der Waals surface area contributed by atoms with Gasteiger partial charge < -0.3 is 9.84 Å². The van der Waals surface area contributed by atoms with Crippen LogP contribution in [0.25, 0.3) is 0 Å². The minimum Gasteiger partial charge on any atom is -0.365 e. The van der Waals surface area contributed by atoms with Crippen molar-refractivity contribution in [2.24, 2.45) is 0 Å². The highest BCUT2D eigenvalue weighted by Gasteiger charge is 2.23. The van der Waals surface area contributed by atoms with Gasteiger partial charge in [-0.1, -0.05) is 24.8 Å². The molecule has 3 heteroatoms. The predicted octanol–water partition coefficient (Wildman–Crippen LogP) is 1.35. The number of carbonyl (C=O) groups is 1. The lowest BCUT2D eigenvalue weighted by molar-refractivity contribution is -0.148. The topological polar surface area (TPSA) is 46.5 Å². The molecule has 1 heterocycles. The zero-order valence-corrected chi connectivity index (χ0v) is 7.98. The highest BCUT2D eigenvalue weighted by molar-refractivity contribution is 5.94. The maximum atomic E-state index is 11.3. The Hall–Kier alpha value is -1.19. The van der Waals surface area contributed by atoms with Crippen LogP contribution in [0.1, 0.15) is 12.8 Å². The first-order valence-corrected chi connectivity index (χ1v) is 4.49. The second-order valence-electron chi connectivity index (χ2n) is 3.18. The van der Waals surface area contributed by atoms with E-state index in [-0.39, 0.29) is 5.78 Å². The first-order valence-electron chi connectivity index (χ1n) is 4.49. The largest absolute Gasteiger partial charge is 0.365 e. The molecule has 0 aromatic rings. The molecule has 14 heavy (non-hydrogen) atoms. The van der Waals surface area contributed by atoms with Gasteiger partial charge in [-0.25, -0.2) is 0 Å². The fourth-order valence-electron chi connectivity index (χ4n) is 1.19. The molecule has 0 saturated heterocycles. The van der Waals surface area contributed by atoms with Crippen LogP contribution in [0, 0.1) is 0 Å². The molecule has 1 aliphatic heterocycles. The second-order valence-corrected chi connectivity index (χ2v) is 3.18. The molecule has 0 radical (unpaired) electrons. The van der Waals surface area contributed by atoms with Crippen molar-refractivity contribution in [1.82, 2.24) is 0 Å². The summed E-state index contributed by atoms with van der Waals surface area (Å²) in [6.07, 6.45) is 4.02. The maximum absolute atomic E-state index is 11.3. The van der Waals surface area contributed by atoms with Crippen molar-refractivity contribution in [3.05, 3.63) is 37.0 Å². The third-order valence-electron chi connectivity index (χ3n) is 2.06. The number of rotatable bonds is 4. The van der Waals surface area contributed by atoms with Crippen molar-refractivity contribution in [3.63, 3.8) is 0 Å². The average Bonchev–Trinajstić information content (AvgIpc) is 2.19. The van der Waals surface area contributed by atoms with Crippen molar-refractivity contribution < 1.29 is 14.6 Å². The molecule has 0 bridgehead atoms. The number of ether oxygens (including phenoxy) is 1. The Balaban J connectivity index is 2.45. The van der Waals surface area contributed by atoms with Crippen molar-refractivity contribution in [2.45, 2.75) is 25.2 Å². The predicted molar refractivity (Wildman–Crippen MR) is 53.6 cm³/mol. The van der Waals surface area contributed by atoms with Gasteiger partial charge in [0.05, 0.1) is 0 Å². The van der Waals surface area contributed by atoms with E-state index in [1.54, 1.807) is 6.08 Å². The van der Waals surface area contributed by atoms with Gasteiger partial charge in [-0.05, 0) is 25.0 Å². The Bertz CT molecular complexity index is 278. The smallest absolute Gasteiger partial charge is 0.184 e. The highest BCUT2D eigenvalue weighted by atomic mass is 16.6. The minimum absolute atomic E-state index is 0.104. The summed E-state index contributed by atoms with van der Waals surface area (Å²) < 4.78 is 5.04. The molecule has 76 valence electrons. The molecule has 1 aliphatic rings. The SMILES string of the molecule is C=CC(=C)CCC1OC(O)C=CC1=O. The summed E-state index contributed by atoms with van der Waals surface area (Å²) >= 11 is 0.